The Morgan fingerprint density at radius 1 is 1.16 bits per heavy atom. The number of carbonyl (C=O) groups excluding carboxylic acids is 1. The molecule has 0 heterocycles. The molecule has 19 heavy (non-hydrogen) atoms. The van der Waals surface area contributed by atoms with E-state index in [0.29, 0.717) is 13.2 Å². The normalized spacial score (nSPS) is 5.74. The summed E-state index contributed by atoms with van der Waals surface area (Å²) in [5.74, 6) is -0.0118. The van der Waals surface area contributed by atoms with Crippen LogP contribution >= 0.6 is 0 Å². The van der Waals surface area contributed by atoms with Crippen LogP contribution in [0.15, 0.2) is 18.7 Å². The van der Waals surface area contributed by atoms with E-state index in [1.54, 1.807) is 6.08 Å². The van der Waals surface area contributed by atoms with Gasteiger partial charge in [0.05, 0.1) is 6.61 Å². The molecule has 0 atom stereocenters. The number of rotatable bonds is 5. The molecule has 0 aliphatic carbocycles. The minimum atomic E-state index is -0.0118. The number of hydrogen-bond donors (Lipinski definition) is 0. The number of ether oxygens (including phenoxy) is 1. The fraction of sp³-hybridized carbons (Fsp3) is 0.250. The van der Waals surface area contributed by atoms with Crippen LogP contribution in [0, 0.1) is 32.7 Å². The minimum Gasteiger partial charge on any atom is 0 e. The zero-order chi connectivity index (χ0) is 15.8. The first-order chi connectivity index (χ1) is 8.77. The zero-order valence-electron chi connectivity index (χ0n) is 10.1. The molecule has 0 aromatic rings. The molecule has 0 amide bonds. The van der Waals surface area contributed by atoms with Gasteiger partial charge in [-0.2, -0.15) is 6.08 Å². The van der Waals surface area contributed by atoms with Crippen molar-refractivity contribution in [2.45, 2.75) is 6.92 Å². The molecule has 0 aliphatic heterocycles. The van der Waals surface area contributed by atoms with E-state index in [1.165, 1.54) is 13.0 Å². The first kappa shape index (κ1) is 36.0. The molecule has 0 aromatic carbocycles. The van der Waals surface area contributed by atoms with Gasteiger partial charge in [0.2, 0.25) is 0 Å². The van der Waals surface area contributed by atoms with Gasteiger partial charge in [-0.3, -0.25) is 0 Å². The van der Waals surface area contributed by atoms with E-state index in [9.17, 15) is 4.79 Å². The molecule has 0 fully saturated rings. The van der Waals surface area contributed by atoms with Gasteiger partial charge in [0, 0.05) is 17.1 Å². The molecule has 0 rings (SSSR count). The summed E-state index contributed by atoms with van der Waals surface area (Å²) in [4.78, 5) is 10.3. The van der Waals surface area contributed by atoms with Gasteiger partial charge in [0.25, 0.3) is 0 Å². The van der Waals surface area contributed by atoms with Crippen molar-refractivity contribution in [1.82, 2.24) is 0 Å². The Bertz CT molecular complexity index is 251. The van der Waals surface area contributed by atoms with E-state index in [-0.39, 0.29) is 22.9 Å². The SMILES string of the molecule is C=CCOC[C-]=CC(C)=O.[C-]#[O+].[C-]#[O+].[C-]#[O+].[C-]#[O+].[Mn]. The third kappa shape index (κ3) is 113. The zero-order valence-corrected chi connectivity index (χ0v) is 11.3. The van der Waals surface area contributed by atoms with Crippen LogP contribution in [0.2, 0.25) is 0 Å². The van der Waals surface area contributed by atoms with Crippen LogP contribution < -0.4 is 0 Å². The standard InChI is InChI=1S/C8H11O2.4CO.Mn/c1-3-6-10-7-4-5-8(2)9;4*1-2;/h3,5H,1,6-7H2,2H3;;;;;/q-1;;;;;. The number of hydrogen-bond acceptors (Lipinski definition) is 2. The van der Waals surface area contributed by atoms with Gasteiger partial charge in [-0.25, -0.2) is 6.08 Å². The second kappa shape index (κ2) is 70.0. The Morgan fingerprint density at radius 2 is 1.53 bits per heavy atom. The average Bonchev–Trinajstić information content (AvgIpc) is 2.47. The second-order valence-corrected chi connectivity index (χ2v) is 1.76. The van der Waals surface area contributed by atoms with Crippen molar-refractivity contribution >= 4 is 5.78 Å². The molecule has 0 saturated heterocycles. The van der Waals surface area contributed by atoms with Gasteiger partial charge in [0.15, 0.2) is 0 Å². The van der Waals surface area contributed by atoms with Gasteiger partial charge >= 0.3 is 45.2 Å². The summed E-state index contributed by atoms with van der Waals surface area (Å²) in [6.07, 6.45) is 5.69. The first-order valence-electron chi connectivity index (χ1n) is 3.85. The first-order valence-corrected chi connectivity index (χ1v) is 3.85. The second-order valence-electron chi connectivity index (χ2n) is 1.76. The van der Waals surface area contributed by atoms with E-state index in [1.807, 2.05) is 0 Å². The van der Waals surface area contributed by atoms with Crippen LogP contribution in [-0.4, -0.2) is 19.0 Å². The molecule has 0 N–H and O–H groups in total. The molecule has 0 aliphatic rings. The van der Waals surface area contributed by atoms with E-state index in [4.69, 9.17) is 23.3 Å². The quantitative estimate of drug-likeness (QED) is 0.189. The largest absolute Gasteiger partial charge is 0 e. The van der Waals surface area contributed by atoms with Crippen molar-refractivity contribution < 1.29 is 45.2 Å². The van der Waals surface area contributed by atoms with E-state index in [2.05, 4.69) is 39.3 Å². The molecule has 0 bridgehead atoms. The van der Waals surface area contributed by atoms with E-state index < -0.39 is 0 Å². The molecule has 103 valence electrons. The van der Waals surface area contributed by atoms with Crippen LogP contribution in [0.5, 0.6) is 0 Å². The Labute approximate surface area is 123 Å². The van der Waals surface area contributed by atoms with Crippen molar-refractivity contribution in [3.8, 4) is 0 Å². The van der Waals surface area contributed by atoms with Crippen molar-refractivity contribution in [2.24, 2.45) is 0 Å². The fourth-order valence-electron chi connectivity index (χ4n) is 0.387. The third-order valence-corrected chi connectivity index (χ3v) is 0.726. The van der Waals surface area contributed by atoms with Crippen molar-refractivity contribution in [2.75, 3.05) is 13.2 Å². The van der Waals surface area contributed by atoms with Crippen molar-refractivity contribution in [1.29, 1.82) is 0 Å². The summed E-state index contributed by atoms with van der Waals surface area (Å²) >= 11 is 0. The molecule has 0 aromatic heterocycles. The molecule has 0 saturated carbocycles. The topological polar surface area (TPSA) is 106 Å². The van der Waals surface area contributed by atoms with E-state index in [0.717, 1.165) is 0 Å². The molecule has 7 heteroatoms. The van der Waals surface area contributed by atoms with Crippen LogP contribution in [0.4, 0.5) is 0 Å². The molecule has 0 spiro atoms. The smallest absolute Gasteiger partial charge is 0 e. The summed E-state index contributed by atoms with van der Waals surface area (Å²) < 4.78 is 34.9. The van der Waals surface area contributed by atoms with Crippen LogP contribution in [-0.2, 0) is 45.2 Å². The minimum absolute atomic E-state index is 0. The molecular formula is C12H11MnO6-. The average molecular weight is 306 g/mol. The molecule has 6 nitrogen and oxygen atoms in total. The van der Waals surface area contributed by atoms with Crippen molar-refractivity contribution in [3.63, 3.8) is 0 Å². The summed E-state index contributed by atoms with van der Waals surface area (Å²) in [6.45, 7) is 23.8. The van der Waals surface area contributed by atoms with E-state index >= 15 is 0 Å². The summed E-state index contributed by atoms with van der Waals surface area (Å²) in [5.41, 5.74) is 0. The predicted octanol–water partition coefficient (Wildman–Crippen LogP) is 0.985. The molecular weight excluding hydrogens is 295 g/mol. The fourth-order valence-corrected chi connectivity index (χ4v) is 0.387. The van der Waals surface area contributed by atoms with Crippen LogP contribution in [0.1, 0.15) is 6.92 Å². The predicted molar refractivity (Wildman–Crippen MR) is 55.2 cm³/mol. The van der Waals surface area contributed by atoms with Crippen molar-refractivity contribution in [3.05, 3.63) is 51.4 Å². The van der Waals surface area contributed by atoms with Gasteiger partial charge in [-0.1, -0.05) is 13.0 Å². The summed E-state index contributed by atoms with van der Waals surface area (Å²) in [5, 5.41) is 0. The number of carbonyl (C=O) groups is 1. The number of allylic oxidation sites excluding steroid dienone is 1. The summed E-state index contributed by atoms with van der Waals surface area (Å²) in [6, 6.07) is 0. The maximum Gasteiger partial charge on any atom is 0 e. The maximum atomic E-state index is 10.3. The Balaban J connectivity index is -0.0000000401. The maximum absolute atomic E-state index is 10.3. The van der Waals surface area contributed by atoms with Crippen LogP contribution in [0.3, 0.4) is 0 Å². The van der Waals surface area contributed by atoms with Gasteiger partial charge in [-0.05, 0) is 12.4 Å². The molecule has 0 unspecified atom stereocenters. The van der Waals surface area contributed by atoms with Gasteiger partial charge in [-0.15, -0.1) is 6.58 Å². The Morgan fingerprint density at radius 3 is 1.79 bits per heavy atom. The third-order valence-electron chi connectivity index (χ3n) is 0.726. The monoisotopic (exact) mass is 306 g/mol. The Hall–Kier alpha value is -1.41. The summed E-state index contributed by atoms with van der Waals surface area (Å²) in [7, 11) is 0. The van der Waals surface area contributed by atoms with Crippen LogP contribution in [0.25, 0.3) is 0 Å². The van der Waals surface area contributed by atoms with Gasteiger partial charge in [0.1, 0.15) is 0 Å². The van der Waals surface area contributed by atoms with Gasteiger partial charge < -0.3 is 9.53 Å². The molecule has 1 radical (unpaired) electrons. The Kier molecular flexibility index (Phi) is 133. The number of ketones is 1.